The Labute approximate surface area is 113 Å². The van der Waals surface area contributed by atoms with Crippen LogP contribution in [0, 0.1) is 0 Å². The lowest BCUT2D eigenvalue weighted by Crippen LogP contribution is -2.04. The van der Waals surface area contributed by atoms with Crippen molar-refractivity contribution in [1.82, 2.24) is 0 Å². The van der Waals surface area contributed by atoms with Crippen molar-refractivity contribution in [3.8, 4) is 0 Å². The van der Waals surface area contributed by atoms with Crippen LogP contribution in [0.15, 0.2) is 42.5 Å². The number of hydrogen-bond donors (Lipinski definition) is 4. The number of benzene rings is 2. The smallest absolute Gasteiger partial charge is 0.0421 e. The number of halogens is 1. The fourth-order valence-corrected chi connectivity index (χ4v) is 1.62. The molecule has 2 aromatic rings. The SMILES string of the molecule is Cl.Nc1cccc(NCc2cc(N)ccc2N)c1. The molecule has 2 aromatic carbocycles. The van der Waals surface area contributed by atoms with Gasteiger partial charge in [-0.25, -0.2) is 0 Å². The fraction of sp³-hybridized carbons (Fsp3) is 0.0769. The van der Waals surface area contributed by atoms with Gasteiger partial charge in [0.2, 0.25) is 0 Å². The van der Waals surface area contributed by atoms with E-state index in [1.807, 2.05) is 36.4 Å². The second kappa shape index (κ2) is 6.02. The minimum Gasteiger partial charge on any atom is -0.399 e. The van der Waals surface area contributed by atoms with Crippen LogP contribution < -0.4 is 22.5 Å². The van der Waals surface area contributed by atoms with E-state index < -0.39 is 0 Å². The quantitative estimate of drug-likeness (QED) is 0.641. The molecule has 5 heteroatoms. The van der Waals surface area contributed by atoms with E-state index in [1.165, 1.54) is 0 Å². The van der Waals surface area contributed by atoms with Crippen LogP contribution in [0.5, 0.6) is 0 Å². The summed E-state index contributed by atoms with van der Waals surface area (Å²) >= 11 is 0. The Kier molecular flexibility index (Phi) is 4.68. The third kappa shape index (κ3) is 3.46. The predicted molar refractivity (Wildman–Crippen MR) is 80.7 cm³/mol. The van der Waals surface area contributed by atoms with Crippen LogP contribution in [-0.2, 0) is 6.54 Å². The lowest BCUT2D eigenvalue weighted by atomic mass is 10.1. The van der Waals surface area contributed by atoms with Gasteiger partial charge in [0, 0.05) is 29.3 Å². The highest BCUT2D eigenvalue weighted by Gasteiger charge is 2.00. The molecular formula is C13H17ClN4. The molecule has 0 saturated heterocycles. The first-order valence-electron chi connectivity index (χ1n) is 5.38. The zero-order valence-electron chi connectivity index (χ0n) is 9.89. The Balaban J connectivity index is 0.00000162. The minimum absolute atomic E-state index is 0. The summed E-state index contributed by atoms with van der Waals surface area (Å²) in [6, 6.07) is 13.1. The summed E-state index contributed by atoms with van der Waals surface area (Å²) in [5.41, 5.74) is 21.4. The summed E-state index contributed by atoms with van der Waals surface area (Å²) < 4.78 is 0. The summed E-state index contributed by atoms with van der Waals surface area (Å²) in [4.78, 5) is 0. The maximum Gasteiger partial charge on any atom is 0.0421 e. The monoisotopic (exact) mass is 264 g/mol. The van der Waals surface area contributed by atoms with Crippen LogP contribution in [0.25, 0.3) is 0 Å². The molecule has 0 radical (unpaired) electrons. The molecule has 0 heterocycles. The van der Waals surface area contributed by atoms with E-state index >= 15 is 0 Å². The van der Waals surface area contributed by atoms with Crippen LogP contribution in [0.4, 0.5) is 22.7 Å². The average molecular weight is 265 g/mol. The third-order valence-electron chi connectivity index (χ3n) is 2.54. The Bertz CT molecular complexity index is 528. The molecule has 0 aliphatic carbocycles. The van der Waals surface area contributed by atoms with Gasteiger partial charge in [-0.3, -0.25) is 0 Å². The van der Waals surface area contributed by atoms with Crippen molar-refractivity contribution in [3.63, 3.8) is 0 Å². The van der Waals surface area contributed by atoms with Gasteiger partial charge in [0.05, 0.1) is 0 Å². The number of anilines is 4. The van der Waals surface area contributed by atoms with Crippen molar-refractivity contribution in [1.29, 1.82) is 0 Å². The standard InChI is InChI=1S/C13H16N4.ClH/c14-10-2-1-3-12(7-10)17-8-9-6-11(15)4-5-13(9)16;/h1-7,17H,8,14-16H2;1H. The highest BCUT2D eigenvalue weighted by molar-refractivity contribution is 5.85. The van der Waals surface area contributed by atoms with Crippen LogP contribution in [0.2, 0.25) is 0 Å². The minimum atomic E-state index is 0. The van der Waals surface area contributed by atoms with E-state index in [2.05, 4.69) is 5.32 Å². The topological polar surface area (TPSA) is 90.1 Å². The normalized spacial score (nSPS) is 9.56. The summed E-state index contributed by atoms with van der Waals surface area (Å²) in [6.07, 6.45) is 0. The second-order valence-corrected chi connectivity index (χ2v) is 3.94. The van der Waals surface area contributed by atoms with Gasteiger partial charge in [-0.15, -0.1) is 12.4 Å². The van der Waals surface area contributed by atoms with Crippen molar-refractivity contribution < 1.29 is 0 Å². The molecule has 0 aliphatic heterocycles. The van der Waals surface area contributed by atoms with Gasteiger partial charge in [0.1, 0.15) is 0 Å². The van der Waals surface area contributed by atoms with Crippen molar-refractivity contribution in [2.45, 2.75) is 6.54 Å². The Hall–Kier alpha value is -2.07. The highest BCUT2D eigenvalue weighted by Crippen LogP contribution is 2.18. The van der Waals surface area contributed by atoms with Gasteiger partial charge in [0.25, 0.3) is 0 Å². The maximum atomic E-state index is 5.86. The summed E-state index contributed by atoms with van der Waals surface area (Å²) in [5, 5.41) is 3.25. The van der Waals surface area contributed by atoms with Crippen molar-refractivity contribution in [3.05, 3.63) is 48.0 Å². The molecule has 0 fully saturated rings. The molecule has 96 valence electrons. The predicted octanol–water partition coefficient (Wildman–Crippen LogP) is 2.47. The van der Waals surface area contributed by atoms with E-state index in [9.17, 15) is 0 Å². The van der Waals surface area contributed by atoms with Gasteiger partial charge in [-0.05, 0) is 42.0 Å². The number of nitrogen functional groups attached to an aromatic ring is 3. The fourth-order valence-electron chi connectivity index (χ4n) is 1.62. The Morgan fingerprint density at radius 3 is 2.33 bits per heavy atom. The van der Waals surface area contributed by atoms with E-state index in [-0.39, 0.29) is 12.4 Å². The Morgan fingerprint density at radius 1 is 0.889 bits per heavy atom. The molecule has 2 rings (SSSR count). The summed E-state index contributed by atoms with van der Waals surface area (Å²) in [5.74, 6) is 0. The third-order valence-corrected chi connectivity index (χ3v) is 2.54. The lowest BCUT2D eigenvalue weighted by Gasteiger charge is -2.10. The molecule has 0 unspecified atom stereocenters. The van der Waals surface area contributed by atoms with E-state index in [1.54, 1.807) is 6.07 Å². The number of rotatable bonds is 3. The zero-order chi connectivity index (χ0) is 12.3. The van der Waals surface area contributed by atoms with Gasteiger partial charge in [-0.1, -0.05) is 6.07 Å². The van der Waals surface area contributed by atoms with E-state index in [0.29, 0.717) is 12.2 Å². The number of nitrogens with two attached hydrogens (primary N) is 3. The first-order chi connectivity index (χ1) is 8.15. The molecule has 0 amide bonds. The molecule has 0 atom stereocenters. The van der Waals surface area contributed by atoms with Gasteiger partial charge < -0.3 is 22.5 Å². The molecule has 4 nitrogen and oxygen atoms in total. The van der Waals surface area contributed by atoms with E-state index in [4.69, 9.17) is 17.2 Å². The molecular weight excluding hydrogens is 248 g/mol. The molecule has 18 heavy (non-hydrogen) atoms. The first kappa shape index (κ1) is 14.0. The number of nitrogens with one attached hydrogen (secondary N) is 1. The molecule has 0 saturated carbocycles. The molecule has 0 aromatic heterocycles. The van der Waals surface area contributed by atoms with Crippen LogP contribution in [0.3, 0.4) is 0 Å². The van der Waals surface area contributed by atoms with Crippen LogP contribution >= 0.6 is 12.4 Å². The van der Waals surface area contributed by atoms with Crippen molar-refractivity contribution >= 4 is 35.2 Å². The lowest BCUT2D eigenvalue weighted by molar-refractivity contribution is 1.15. The largest absolute Gasteiger partial charge is 0.399 e. The zero-order valence-corrected chi connectivity index (χ0v) is 10.7. The summed E-state index contributed by atoms with van der Waals surface area (Å²) in [6.45, 7) is 0.625. The number of hydrogen-bond acceptors (Lipinski definition) is 4. The molecule has 0 bridgehead atoms. The highest BCUT2D eigenvalue weighted by atomic mass is 35.5. The van der Waals surface area contributed by atoms with E-state index in [0.717, 1.165) is 22.6 Å². The Morgan fingerprint density at radius 2 is 1.61 bits per heavy atom. The first-order valence-corrected chi connectivity index (χ1v) is 5.38. The van der Waals surface area contributed by atoms with Crippen molar-refractivity contribution in [2.24, 2.45) is 0 Å². The van der Waals surface area contributed by atoms with Crippen LogP contribution in [-0.4, -0.2) is 0 Å². The van der Waals surface area contributed by atoms with Gasteiger partial charge in [-0.2, -0.15) is 0 Å². The molecule has 7 N–H and O–H groups in total. The average Bonchev–Trinajstić information content (AvgIpc) is 2.30. The summed E-state index contributed by atoms with van der Waals surface area (Å²) in [7, 11) is 0. The maximum absolute atomic E-state index is 5.86. The van der Waals surface area contributed by atoms with Gasteiger partial charge >= 0.3 is 0 Å². The molecule has 0 spiro atoms. The molecule has 0 aliphatic rings. The second-order valence-electron chi connectivity index (χ2n) is 3.94. The van der Waals surface area contributed by atoms with Crippen LogP contribution in [0.1, 0.15) is 5.56 Å². The van der Waals surface area contributed by atoms with Crippen molar-refractivity contribution in [2.75, 3.05) is 22.5 Å². The van der Waals surface area contributed by atoms with Gasteiger partial charge in [0.15, 0.2) is 0 Å².